The fraction of sp³-hybridized carbons (Fsp3) is 0.714. The quantitative estimate of drug-likeness (QED) is 0.763. The van der Waals surface area contributed by atoms with Gasteiger partial charge in [0.25, 0.3) is 0 Å². The number of allylic oxidation sites excluding steroid dienone is 4. The first-order valence-corrected chi connectivity index (χ1v) is 9.53. The van der Waals surface area contributed by atoms with E-state index in [0.717, 1.165) is 25.7 Å². The Balaban J connectivity index is 1.80. The van der Waals surface area contributed by atoms with Crippen molar-refractivity contribution in [2.75, 3.05) is 0 Å². The van der Waals surface area contributed by atoms with Crippen LogP contribution in [0.2, 0.25) is 0 Å². The Morgan fingerprint density at radius 3 is 2.52 bits per heavy atom. The summed E-state index contributed by atoms with van der Waals surface area (Å²) >= 11 is 0. The van der Waals surface area contributed by atoms with Crippen LogP contribution in [-0.4, -0.2) is 27.6 Å². The van der Waals surface area contributed by atoms with E-state index in [2.05, 4.69) is 19.9 Å². The Hall–Kier alpha value is -1.42. The molecule has 0 heterocycles. The highest BCUT2D eigenvalue weighted by atomic mass is 16.4. The number of carboxylic acid groups (broad SMARTS) is 1. The van der Waals surface area contributed by atoms with E-state index in [1.54, 1.807) is 0 Å². The Labute approximate surface area is 149 Å². The molecule has 0 aromatic heterocycles. The first kappa shape index (κ1) is 17.0. The van der Waals surface area contributed by atoms with E-state index in [1.807, 2.05) is 13.0 Å². The summed E-state index contributed by atoms with van der Waals surface area (Å²) < 4.78 is 0. The van der Waals surface area contributed by atoms with Gasteiger partial charge in [0.15, 0.2) is 11.4 Å². The topological polar surface area (TPSA) is 74.6 Å². The van der Waals surface area contributed by atoms with Crippen molar-refractivity contribution in [1.29, 1.82) is 0 Å². The van der Waals surface area contributed by atoms with Gasteiger partial charge in [-0.1, -0.05) is 25.5 Å². The fourth-order valence-electron chi connectivity index (χ4n) is 6.78. The van der Waals surface area contributed by atoms with Crippen molar-refractivity contribution in [3.63, 3.8) is 0 Å². The van der Waals surface area contributed by atoms with Gasteiger partial charge < -0.3 is 10.2 Å². The van der Waals surface area contributed by atoms with Crippen LogP contribution in [0, 0.1) is 28.6 Å². The zero-order valence-electron chi connectivity index (χ0n) is 15.3. The Morgan fingerprint density at radius 1 is 1.16 bits per heavy atom. The van der Waals surface area contributed by atoms with Crippen LogP contribution < -0.4 is 0 Å². The molecule has 0 saturated heterocycles. The predicted octanol–water partition coefficient (Wildman–Crippen LogP) is 3.50. The molecule has 4 aliphatic rings. The maximum atomic E-state index is 12.0. The molecule has 0 amide bonds. The lowest BCUT2D eigenvalue weighted by Crippen LogP contribution is -2.57. The maximum Gasteiger partial charge on any atom is 0.336 e. The van der Waals surface area contributed by atoms with Gasteiger partial charge in [-0.05, 0) is 73.8 Å². The summed E-state index contributed by atoms with van der Waals surface area (Å²) in [5, 5.41) is 20.6. The lowest BCUT2D eigenvalue weighted by Gasteiger charge is -2.57. The van der Waals surface area contributed by atoms with Crippen LogP contribution in [0.5, 0.6) is 0 Å². The molecule has 4 heteroatoms. The summed E-state index contributed by atoms with van der Waals surface area (Å²) in [5.74, 6) is 0.0773. The summed E-state index contributed by atoms with van der Waals surface area (Å²) in [6.07, 6.45) is 8.39. The molecule has 0 radical (unpaired) electrons. The van der Waals surface area contributed by atoms with Gasteiger partial charge in [-0.3, -0.25) is 4.79 Å². The molecule has 0 aliphatic heterocycles. The Bertz CT molecular complexity index is 719. The highest BCUT2D eigenvalue weighted by Crippen LogP contribution is 2.66. The SMILES string of the molecule is CC1=CC2C(CC[C@@]3(C)C2CC[C@]3(O)C(=O)O)[C@@]2(C)CCC(=O)C=C12. The first-order valence-electron chi connectivity index (χ1n) is 9.53. The first-order chi connectivity index (χ1) is 11.6. The van der Waals surface area contributed by atoms with Crippen molar-refractivity contribution in [2.45, 2.75) is 64.9 Å². The van der Waals surface area contributed by atoms with Crippen molar-refractivity contribution in [1.82, 2.24) is 0 Å². The van der Waals surface area contributed by atoms with Crippen LogP contribution in [0.4, 0.5) is 0 Å². The molecule has 4 aliphatic carbocycles. The van der Waals surface area contributed by atoms with Crippen LogP contribution >= 0.6 is 0 Å². The number of ketones is 1. The molecule has 0 bridgehead atoms. The second-order valence-corrected chi connectivity index (χ2v) is 9.24. The number of carbonyl (C=O) groups is 2. The van der Waals surface area contributed by atoms with E-state index in [0.29, 0.717) is 24.7 Å². The maximum absolute atomic E-state index is 12.0. The van der Waals surface area contributed by atoms with Gasteiger partial charge in [0, 0.05) is 11.8 Å². The predicted molar refractivity (Wildman–Crippen MR) is 93.8 cm³/mol. The van der Waals surface area contributed by atoms with E-state index in [4.69, 9.17) is 0 Å². The smallest absolute Gasteiger partial charge is 0.336 e. The van der Waals surface area contributed by atoms with Crippen molar-refractivity contribution < 1.29 is 19.8 Å². The summed E-state index contributed by atoms with van der Waals surface area (Å²) in [6.45, 7) is 6.36. The second-order valence-electron chi connectivity index (χ2n) is 9.24. The van der Waals surface area contributed by atoms with E-state index in [9.17, 15) is 19.8 Å². The molecule has 2 N–H and O–H groups in total. The van der Waals surface area contributed by atoms with Crippen LogP contribution in [-0.2, 0) is 9.59 Å². The minimum absolute atomic E-state index is 0.00265. The molecule has 25 heavy (non-hydrogen) atoms. The standard InChI is InChI=1S/C21H28O4/c1-12-10-14-15(19(2)7-4-13(22)11-17(12)19)5-8-20(3)16(14)6-9-21(20,25)18(23)24/h10-11,14-16,25H,4-9H2,1-3H3,(H,23,24)/t14?,15?,16?,19-,20+,21+/m1/s1. The Kier molecular flexibility index (Phi) is 3.45. The number of hydrogen-bond donors (Lipinski definition) is 2. The molecule has 2 saturated carbocycles. The molecular weight excluding hydrogens is 316 g/mol. The van der Waals surface area contributed by atoms with Gasteiger partial charge in [-0.15, -0.1) is 0 Å². The molecule has 0 aromatic rings. The fourth-order valence-corrected chi connectivity index (χ4v) is 6.78. The number of carbonyl (C=O) groups excluding carboxylic acids is 1. The highest BCUT2D eigenvalue weighted by Gasteiger charge is 2.66. The minimum atomic E-state index is -1.61. The minimum Gasteiger partial charge on any atom is -0.479 e. The largest absolute Gasteiger partial charge is 0.479 e. The molecule has 4 nitrogen and oxygen atoms in total. The number of aliphatic carboxylic acids is 1. The zero-order chi connectivity index (χ0) is 18.2. The number of rotatable bonds is 1. The van der Waals surface area contributed by atoms with E-state index < -0.39 is 17.0 Å². The van der Waals surface area contributed by atoms with Crippen LogP contribution in [0.1, 0.15) is 59.3 Å². The Morgan fingerprint density at radius 2 is 1.84 bits per heavy atom. The number of carboxylic acids is 1. The van der Waals surface area contributed by atoms with Crippen LogP contribution in [0.25, 0.3) is 0 Å². The van der Waals surface area contributed by atoms with E-state index >= 15 is 0 Å². The molecule has 0 spiro atoms. The summed E-state index contributed by atoms with van der Waals surface area (Å²) in [4.78, 5) is 23.8. The van der Waals surface area contributed by atoms with Gasteiger partial charge in [-0.2, -0.15) is 0 Å². The van der Waals surface area contributed by atoms with Gasteiger partial charge in [0.1, 0.15) is 0 Å². The third-order valence-corrected chi connectivity index (χ3v) is 8.34. The molecule has 3 unspecified atom stereocenters. The van der Waals surface area contributed by atoms with E-state index in [1.165, 1.54) is 11.1 Å². The number of fused-ring (bicyclic) bond motifs is 5. The summed E-state index contributed by atoms with van der Waals surface area (Å²) in [6, 6.07) is 0. The lowest BCUT2D eigenvalue weighted by molar-refractivity contribution is -0.179. The second kappa shape index (κ2) is 5.06. The molecule has 4 rings (SSSR count). The van der Waals surface area contributed by atoms with Crippen molar-refractivity contribution in [2.24, 2.45) is 28.6 Å². The van der Waals surface area contributed by atoms with Crippen LogP contribution in [0.3, 0.4) is 0 Å². The molecule has 2 fully saturated rings. The monoisotopic (exact) mass is 344 g/mol. The summed E-state index contributed by atoms with van der Waals surface area (Å²) in [5.41, 5.74) is 0.192. The molecule has 6 atom stereocenters. The van der Waals surface area contributed by atoms with Gasteiger partial charge in [-0.25, -0.2) is 4.79 Å². The third kappa shape index (κ3) is 1.98. The van der Waals surface area contributed by atoms with Gasteiger partial charge >= 0.3 is 5.97 Å². The normalized spacial score (nSPS) is 48.8. The van der Waals surface area contributed by atoms with Crippen LogP contribution in [0.15, 0.2) is 23.3 Å². The van der Waals surface area contributed by atoms with Crippen molar-refractivity contribution in [3.8, 4) is 0 Å². The van der Waals surface area contributed by atoms with Crippen molar-refractivity contribution in [3.05, 3.63) is 23.3 Å². The zero-order valence-corrected chi connectivity index (χ0v) is 15.3. The highest BCUT2D eigenvalue weighted by molar-refractivity contribution is 5.92. The number of aliphatic hydroxyl groups is 1. The average Bonchev–Trinajstić information content (AvgIpc) is 2.83. The number of hydrogen-bond acceptors (Lipinski definition) is 3. The molecule has 136 valence electrons. The third-order valence-electron chi connectivity index (χ3n) is 8.34. The molecule has 0 aromatic carbocycles. The molecular formula is C21H28O4. The van der Waals surface area contributed by atoms with Crippen molar-refractivity contribution >= 4 is 11.8 Å². The van der Waals surface area contributed by atoms with E-state index in [-0.39, 0.29) is 17.1 Å². The lowest BCUT2D eigenvalue weighted by atomic mass is 9.47. The summed E-state index contributed by atoms with van der Waals surface area (Å²) in [7, 11) is 0. The van der Waals surface area contributed by atoms with Gasteiger partial charge in [0.05, 0.1) is 0 Å². The van der Waals surface area contributed by atoms with Gasteiger partial charge in [0.2, 0.25) is 0 Å². The average molecular weight is 344 g/mol.